The second kappa shape index (κ2) is 10.2. The molecule has 0 aliphatic heterocycles. The summed E-state index contributed by atoms with van der Waals surface area (Å²) in [6, 6.07) is 17.8. The van der Waals surface area contributed by atoms with E-state index in [1.165, 1.54) is 31.4 Å². The van der Waals surface area contributed by atoms with Crippen molar-refractivity contribution in [2.75, 3.05) is 12.4 Å². The fourth-order valence-corrected chi connectivity index (χ4v) is 2.80. The number of nitro groups is 1. The lowest BCUT2D eigenvalue weighted by Crippen LogP contribution is -2.04. The maximum atomic E-state index is 12.3. The van der Waals surface area contributed by atoms with Gasteiger partial charge in [-0.05, 0) is 47.5 Å². The van der Waals surface area contributed by atoms with E-state index in [-0.39, 0.29) is 18.0 Å². The first-order valence-corrected chi connectivity index (χ1v) is 9.26. The van der Waals surface area contributed by atoms with Crippen molar-refractivity contribution in [1.82, 2.24) is 0 Å². The van der Waals surface area contributed by atoms with E-state index in [9.17, 15) is 18.9 Å². The van der Waals surface area contributed by atoms with Crippen molar-refractivity contribution in [2.45, 2.75) is 19.8 Å². The molecule has 0 radical (unpaired) electrons. The average Bonchev–Trinajstić information content (AvgIpc) is 2.76. The lowest BCUT2D eigenvalue weighted by molar-refractivity contribution is -0.384. The molecule has 0 unspecified atom stereocenters. The first-order chi connectivity index (χ1) is 14.9. The molecule has 0 amide bonds. The van der Waals surface area contributed by atoms with Gasteiger partial charge in [0.1, 0.15) is 12.4 Å². The number of halogens is 2. The molecule has 0 atom stereocenters. The van der Waals surface area contributed by atoms with Gasteiger partial charge in [-0.25, -0.2) is 0 Å². The molecule has 9 heteroatoms. The summed E-state index contributed by atoms with van der Waals surface area (Å²) in [5, 5.41) is 13.9. The Morgan fingerprint density at radius 1 is 1.00 bits per heavy atom. The molecule has 3 aromatic carbocycles. The summed E-state index contributed by atoms with van der Waals surface area (Å²) in [7, 11) is 1.52. The van der Waals surface area contributed by atoms with Gasteiger partial charge in [0.25, 0.3) is 5.69 Å². The zero-order valence-electron chi connectivity index (χ0n) is 16.6. The average molecular weight is 430 g/mol. The number of methoxy groups -OCH3 is 1. The molecule has 0 spiro atoms. The van der Waals surface area contributed by atoms with Crippen LogP contribution in [-0.4, -0.2) is 18.6 Å². The fourth-order valence-electron chi connectivity index (χ4n) is 2.80. The van der Waals surface area contributed by atoms with Crippen molar-refractivity contribution in [3.05, 3.63) is 88.0 Å². The predicted molar refractivity (Wildman–Crippen MR) is 111 cm³/mol. The van der Waals surface area contributed by atoms with Gasteiger partial charge < -0.3 is 19.5 Å². The Kier molecular flexibility index (Phi) is 7.21. The Balaban J connectivity index is 1.61. The molecule has 162 valence electrons. The number of benzene rings is 3. The number of ether oxygens (including phenoxy) is 3. The van der Waals surface area contributed by atoms with E-state index in [4.69, 9.17) is 9.47 Å². The first kappa shape index (κ1) is 21.8. The lowest BCUT2D eigenvalue weighted by Gasteiger charge is -2.13. The van der Waals surface area contributed by atoms with Gasteiger partial charge in [-0.3, -0.25) is 10.1 Å². The van der Waals surface area contributed by atoms with Crippen LogP contribution in [0.2, 0.25) is 0 Å². The topological polar surface area (TPSA) is 82.9 Å². The number of nitrogens with zero attached hydrogens (tertiary/aromatic N) is 1. The number of hydrogen-bond donors (Lipinski definition) is 1. The standard InChI is InChI=1S/C22H20F2N2O5/c1-29-21-11-16(13-25-17-3-2-4-19(12-17)31-22(23)24)7-10-20(21)30-14-15-5-8-18(9-6-15)26(27)28/h2-12,22,25H,13-14H2,1H3. The summed E-state index contributed by atoms with van der Waals surface area (Å²) in [5.74, 6) is 1.13. The molecule has 0 fully saturated rings. The van der Waals surface area contributed by atoms with Gasteiger partial charge in [0, 0.05) is 30.4 Å². The molecule has 0 bridgehead atoms. The molecule has 0 aromatic heterocycles. The van der Waals surface area contributed by atoms with Crippen LogP contribution in [-0.2, 0) is 13.2 Å². The smallest absolute Gasteiger partial charge is 0.387 e. The molecular weight excluding hydrogens is 410 g/mol. The minimum absolute atomic E-state index is 0.0180. The van der Waals surface area contributed by atoms with Gasteiger partial charge in [-0.2, -0.15) is 8.78 Å². The van der Waals surface area contributed by atoms with E-state index < -0.39 is 11.5 Å². The molecule has 0 aliphatic carbocycles. The Morgan fingerprint density at radius 3 is 2.42 bits per heavy atom. The highest BCUT2D eigenvalue weighted by molar-refractivity contribution is 5.50. The van der Waals surface area contributed by atoms with Crippen LogP contribution >= 0.6 is 0 Å². The molecule has 1 N–H and O–H groups in total. The summed E-state index contributed by atoms with van der Waals surface area (Å²) in [4.78, 5) is 10.3. The fraction of sp³-hybridized carbons (Fsp3) is 0.182. The Bertz CT molecular complexity index is 1030. The number of nitro benzene ring substituents is 1. The van der Waals surface area contributed by atoms with Gasteiger partial charge in [0.2, 0.25) is 0 Å². The van der Waals surface area contributed by atoms with Crippen molar-refractivity contribution in [1.29, 1.82) is 0 Å². The minimum Gasteiger partial charge on any atom is -0.493 e. The second-order valence-electron chi connectivity index (χ2n) is 6.46. The summed E-state index contributed by atoms with van der Waals surface area (Å²) in [5.41, 5.74) is 2.32. The van der Waals surface area contributed by atoms with Gasteiger partial charge in [-0.15, -0.1) is 0 Å². The van der Waals surface area contributed by atoms with Gasteiger partial charge in [0.05, 0.1) is 12.0 Å². The van der Waals surface area contributed by atoms with E-state index in [0.717, 1.165) is 11.1 Å². The molecular formula is C22H20F2N2O5. The highest BCUT2D eigenvalue weighted by Crippen LogP contribution is 2.29. The number of nitrogens with one attached hydrogen (secondary N) is 1. The third-order valence-corrected chi connectivity index (χ3v) is 4.33. The molecule has 7 nitrogen and oxygen atoms in total. The largest absolute Gasteiger partial charge is 0.493 e. The Labute approximate surface area is 177 Å². The van der Waals surface area contributed by atoms with Crippen molar-refractivity contribution in [2.24, 2.45) is 0 Å². The van der Waals surface area contributed by atoms with Crippen molar-refractivity contribution in [3.63, 3.8) is 0 Å². The number of alkyl halides is 2. The summed E-state index contributed by atoms with van der Waals surface area (Å²) in [6.07, 6.45) is 0. The molecule has 0 heterocycles. The van der Waals surface area contributed by atoms with E-state index in [2.05, 4.69) is 10.1 Å². The Hall–Kier alpha value is -3.88. The van der Waals surface area contributed by atoms with E-state index in [1.54, 1.807) is 36.4 Å². The molecule has 3 aromatic rings. The molecule has 0 saturated heterocycles. The highest BCUT2D eigenvalue weighted by Gasteiger charge is 2.09. The van der Waals surface area contributed by atoms with Crippen molar-refractivity contribution in [3.8, 4) is 17.2 Å². The first-order valence-electron chi connectivity index (χ1n) is 9.26. The van der Waals surface area contributed by atoms with E-state index >= 15 is 0 Å². The lowest BCUT2D eigenvalue weighted by atomic mass is 10.2. The second-order valence-corrected chi connectivity index (χ2v) is 6.46. The van der Waals surface area contributed by atoms with Crippen LogP contribution < -0.4 is 19.5 Å². The van der Waals surface area contributed by atoms with E-state index in [0.29, 0.717) is 23.7 Å². The maximum Gasteiger partial charge on any atom is 0.387 e. The van der Waals surface area contributed by atoms with Gasteiger partial charge >= 0.3 is 6.61 Å². The van der Waals surface area contributed by atoms with E-state index in [1.807, 2.05) is 6.07 Å². The molecule has 0 saturated carbocycles. The molecule has 0 aliphatic rings. The summed E-state index contributed by atoms with van der Waals surface area (Å²) >= 11 is 0. The Morgan fingerprint density at radius 2 is 1.74 bits per heavy atom. The van der Waals surface area contributed by atoms with Crippen LogP contribution in [0.1, 0.15) is 11.1 Å². The van der Waals surface area contributed by atoms with Crippen LogP contribution in [0, 0.1) is 10.1 Å². The summed E-state index contributed by atoms with van der Waals surface area (Å²) in [6.45, 7) is -2.22. The maximum absolute atomic E-state index is 12.3. The highest BCUT2D eigenvalue weighted by atomic mass is 19.3. The van der Waals surface area contributed by atoms with Gasteiger partial charge in [0.15, 0.2) is 11.5 Å². The normalized spacial score (nSPS) is 10.6. The zero-order chi connectivity index (χ0) is 22.2. The third kappa shape index (κ3) is 6.30. The monoisotopic (exact) mass is 430 g/mol. The minimum atomic E-state index is -2.88. The van der Waals surface area contributed by atoms with Crippen LogP contribution in [0.25, 0.3) is 0 Å². The number of anilines is 1. The third-order valence-electron chi connectivity index (χ3n) is 4.33. The van der Waals surface area contributed by atoms with Crippen LogP contribution in [0.4, 0.5) is 20.2 Å². The van der Waals surface area contributed by atoms with Crippen molar-refractivity contribution < 1.29 is 27.9 Å². The quantitative estimate of drug-likeness (QED) is 0.343. The number of hydrogen-bond acceptors (Lipinski definition) is 6. The number of non-ortho nitro benzene ring substituents is 1. The number of rotatable bonds is 10. The SMILES string of the molecule is COc1cc(CNc2cccc(OC(F)F)c2)ccc1OCc1ccc([N+](=O)[O-])cc1. The molecule has 3 rings (SSSR count). The van der Waals surface area contributed by atoms with Gasteiger partial charge in [-0.1, -0.05) is 12.1 Å². The zero-order valence-corrected chi connectivity index (χ0v) is 16.6. The van der Waals surface area contributed by atoms with Crippen LogP contribution in [0.5, 0.6) is 17.2 Å². The molecule has 31 heavy (non-hydrogen) atoms. The van der Waals surface area contributed by atoms with Crippen LogP contribution in [0.3, 0.4) is 0 Å². The predicted octanol–water partition coefficient (Wildman–Crippen LogP) is 5.40. The van der Waals surface area contributed by atoms with Crippen molar-refractivity contribution >= 4 is 11.4 Å². The summed E-state index contributed by atoms with van der Waals surface area (Å²) < 4.78 is 40.3. The van der Waals surface area contributed by atoms with Crippen LogP contribution in [0.15, 0.2) is 66.7 Å².